The average Bonchev–Trinajstić information content (AvgIpc) is 2.45. The lowest BCUT2D eigenvalue weighted by Gasteiger charge is -2.21. The second kappa shape index (κ2) is 4.08. The molecule has 3 nitrogen and oxygen atoms in total. The van der Waals surface area contributed by atoms with Gasteiger partial charge in [-0.25, -0.2) is 0 Å². The molecule has 0 bridgehead atoms. The summed E-state index contributed by atoms with van der Waals surface area (Å²) in [7, 11) is 0. The Morgan fingerprint density at radius 2 is 2.31 bits per heavy atom. The second-order valence-electron chi connectivity index (χ2n) is 3.14. The zero-order chi connectivity index (χ0) is 9.84. The first-order valence-electron chi connectivity index (χ1n) is 4.50. The van der Waals surface area contributed by atoms with Gasteiger partial charge in [0.25, 0.3) is 5.91 Å². The summed E-state index contributed by atoms with van der Waals surface area (Å²) in [6, 6.07) is -0.191. The lowest BCUT2D eigenvalue weighted by molar-refractivity contribution is -0.140. The number of ketones is 1. The first kappa shape index (κ1) is 9.79. The van der Waals surface area contributed by atoms with Crippen molar-refractivity contribution in [3.05, 3.63) is 0 Å². The van der Waals surface area contributed by atoms with Crippen LogP contribution in [0, 0.1) is 12.3 Å². The molecule has 0 aromatic rings. The summed E-state index contributed by atoms with van der Waals surface area (Å²) in [5, 5.41) is 0. The van der Waals surface area contributed by atoms with Gasteiger partial charge >= 0.3 is 0 Å². The number of likely N-dealkylation sites (tertiary alicyclic amines) is 1. The molecule has 1 unspecified atom stereocenters. The van der Waals surface area contributed by atoms with Crippen LogP contribution < -0.4 is 0 Å². The van der Waals surface area contributed by atoms with Gasteiger partial charge in [-0.3, -0.25) is 9.59 Å². The molecule has 1 rings (SSSR count). The number of carbonyl (C=O) groups excluding carboxylic acids is 2. The molecule has 0 N–H and O–H groups in total. The number of amides is 1. The number of terminal acetylenes is 1. The van der Waals surface area contributed by atoms with Gasteiger partial charge in [-0.2, -0.15) is 0 Å². The van der Waals surface area contributed by atoms with Crippen molar-refractivity contribution in [1.82, 2.24) is 4.90 Å². The van der Waals surface area contributed by atoms with Crippen molar-refractivity contribution in [2.45, 2.75) is 32.2 Å². The SMILES string of the molecule is C#CC(CCC)N1CCC(=O)C1=O. The summed E-state index contributed by atoms with van der Waals surface area (Å²) < 4.78 is 0. The van der Waals surface area contributed by atoms with Crippen molar-refractivity contribution in [3.63, 3.8) is 0 Å². The number of hydrogen-bond donors (Lipinski definition) is 0. The topological polar surface area (TPSA) is 37.4 Å². The Balaban J connectivity index is 2.66. The van der Waals surface area contributed by atoms with Crippen LogP contribution in [0.2, 0.25) is 0 Å². The standard InChI is InChI=1S/C10H13NO2/c1-3-5-8(4-2)11-7-6-9(12)10(11)13/h2,8H,3,5-7H2,1H3. The van der Waals surface area contributed by atoms with Crippen LogP contribution >= 0.6 is 0 Å². The van der Waals surface area contributed by atoms with E-state index in [0.717, 1.165) is 12.8 Å². The highest BCUT2D eigenvalue weighted by Gasteiger charge is 2.32. The van der Waals surface area contributed by atoms with Crippen molar-refractivity contribution < 1.29 is 9.59 Å². The van der Waals surface area contributed by atoms with Gasteiger partial charge in [0.15, 0.2) is 0 Å². The van der Waals surface area contributed by atoms with Crippen LogP contribution in [0.1, 0.15) is 26.2 Å². The lowest BCUT2D eigenvalue weighted by atomic mass is 10.1. The molecule has 0 spiro atoms. The second-order valence-corrected chi connectivity index (χ2v) is 3.14. The minimum atomic E-state index is -0.406. The van der Waals surface area contributed by atoms with Crippen molar-refractivity contribution in [2.24, 2.45) is 0 Å². The first-order chi connectivity index (χ1) is 6.20. The molecule has 0 radical (unpaired) electrons. The smallest absolute Gasteiger partial charge is 0.291 e. The minimum absolute atomic E-state index is 0.191. The molecule has 3 heteroatoms. The molecule has 1 fully saturated rings. The number of rotatable bonds is 3. The third-order valence-electron chi connectivity index (χ3n) is 2.21. The average molecular weight is 179 g/mol. The molecular weight excluding hydrogens is 166 g/mol. The van der Waals surface area contributed by atoms with Crippen molar-refractivity contribution in [2.75, 3.05) is 6.54 Å². The normalized spacial score (nSPS) is 18.9. The number of nitrogens with zero attached hydrogens (tertiary/aromatic N) is 1. The maximum atomic E-state index is 11.3. The van der Waals surface area contributed by atoms with E-state index in [-0.39, 0.29) is 11.8 Å². The van der Waals surface area contributed by atoms with Crippen molar-refractivity contribution in [3.8, 4) is 12.3 Å². The Kier molecular flexibility index (Phi) is 3.07. The highest BCUT2D eigenvalue weighted by Crippen LogP contribution is 2.13. The molecule has 0 saturated carbocycles. The Morgan fingerprint density at radius 1 is 1.62 bits per heavy atom. The van der Waals surface area contributed by atoms with Crippen LogP contribution in [0.25, 0.3) is 0 Å². The third kappa shape index (κ3) is 1.89. The molecule has 1 atom stereocenters. The van der Waals surface area contributed by atoms with Crippen molar-refractivity contribution in [1.29, 1.82) is 0 Å². The van der Waals surface area contributed by atoms with Gasteiger partial charge in [0.1, 0.15) is 0 Å². The fourth-order valence-electron chi connectivity index (χ4n) is 1.49. The maximum absolute atomic E-state index is 11.3. The summed E-state index contributed by atoms with van der Waals surface area (Å²) in [4.78, 5) is 23.7. The van der Waals surface area contributed by atoms with Crippen molar-refractivity contribution >= 4 is 11.7 Å². The van der Waals surface area contributed by atoms with E-state index in [0.29, 0.717) is 13.0 Å². The van der Waals surface area contributed by atoms with E-state index in [4.69, 9.17) is 6.42 Å². The highest BCUT2D eigenvalue weighted by atomic mass is 16.2. The molecule has 0 aromatic carbocycles. The van der Waals surface area contributed by atoms with E-state index in [1.165, 1.54) is 4.90 Å². The van der Waals surface area contributed by atoms with Gasteiger partial charge in [-0.1, -0.05) is 19.3 Å². The molecule has 1 saturated heterocycles. The molecule has 70 valence electrons. The van der Waals surface area contributed by atoms with E-state index in [1.807, 2.05) is 6.92 Å². The van der Waals surface area contributed by atoms with Gasteiger partial charge in [0.05, 0.1) is 6.04 Å². The Bertz CT molecular complexity index is 265. The van der Waals surface area contributed by atoms with E-state index in [2.05, 4.69) is 5.92 Å². The molecule has 1 aliphatic heterocycles. The van der Waals surface area contributed by atoms with Crippen LogP contribution in [0.4, 0.5) is 0 Å². The molecular formula is C10H13NO2. The molecule has 0 aliphatic carbocycles. The van der Waals surface area contributed by atoms with E-state index >= 15 is 0 Å². The monoisotopic (exact) mass is 179 g/mol. The summed E-state index contributed by atoms with van der Waals surface area (Å²) in [5.74, 6) is 1.83. The van der Waals surface area contributed by atoms with Gasteiger partial charge in [-0.05, 0) is 6.42 Å². The predicted molar refractivity (Wildman–Crippen MR) is 48.9 cm³/mol. The quantitative estimate of drug-likeness (QED) is 0.469. The Hall–Kier alpha value is -1.30. The van der Waals surface area contributed by atoms with E-state index < -0.39 is 5.91 Å². The fourth-order valence-corrected chi connectivity index (χ4v) is 1.49. The lowest BCUT2D eigenvalue weighted by Crippen LogP contribution is -2.36. The van der Waals surface area contributed by atoms with Gasteiger partial charge in [0, 0.05) is 13.0 Å². The number of Topliss-reactive ketones (excluding diaryl/α,β-unsaturated/α-hetero) is 1. The maximum Gasteiger partial charge on any atom is 0.291 e. The summed E-state index contributed by atoms with van der Waals surface area (Å²) in [6.07, 6.45) is 7.31. The molecule has 1 aliphatic rings. The van der Waals surface area contributed by atoms with Crippen LogP contribution in [-0.4, -0.2) is 29.2 Å². The molecule has 1 amide bonds. The first-order valence-corrected chi connectivity index (χ1v) is 4.50. The zero-order valence-corrected chi connectivity index (χ0v) is 7.75. The molecule has 1 heterocycles. The van der Waals surface area contributed by atoms with E-state index in [1.54, 1.807) is 0 Å². The van der Waals surface area contributed by atoms with Crippen LogP contribution in [-0.2, 0) is 9.59 Å². The largest absolute Gasteiger partial charge is 0.322 e. The van der Waals surface area contributed by atoms with E-state index in [9.17, 15) is 9.59 Å². The van der Waals surface area contributed by atoms with Gasteiger partial charge in [0.2, 0.25) is 5.78 Å². The molecule has 0 aromatic heterocycles. The summed E-state index contributed by atoms with van der Waals surface area (Å²) >= 11 is 0. The number of hydrogen-bond acceptors (Lipinski definition) is 2. The van der Waals surface area contributed by atoms with Crippen LogP contribution in [0.3, 0.4) is 0 Å². The van der Waals surface area contributed by atoms with Crippen LogP contribution in [0.15, 0.2) is 0 Å². The van der Waals surface area contributed by atoms with Crippen LogP contribution in [0.5, 0.6) is 0 Å². The number of carbonyl (C=O) groups is 2. The summed E-state index contributed by atoms with van der Waals surface area (Å²) in [6.45, 7) is 2.50. The van der Waals surface area contributed by atoms with Gasteiger partial charge in [-0.15, -0.1) is 6.42 Å². The Morgan fingerprint density at radius 3 is 2.69 bits per heavy atom. The Labute approximate surface area is 78.1 Å². The molecule has 13 heavy (non-hydrogen) atoms. The minimum Gasteiger partial charge on any atom is -0.322 e. The summed E-state index contributed by atoms with van der Waals surface area (Å²) in [5.41, 5.74) is 0. The third-order valence-corrected chi connectivity index (χ3v) is 2.21. The van der Waals surface area contributed by atoms with Gasteiger partial charge < -0.3 is 4.90 Å². The zero-order valence-electron chi connectivity index (χ0n) is 7.75. The highest BCUT2D eigenvalue weighted by molar-refractivity contribution is 6.38. The predicted octanol–water partition coefficient (Wildman–Crippen LogP) is 0.590. The fraction of sp³-hybridized carbons (Fsp3) is 0.600.